The molecule has 120 valence electrons. The predicted octanol–water partition coefficient (Wildman–Crippen LogP) is 2.40. The zero-order chi connectivity index (χ0) is 17.3. The number of fused-ring (bicyclic) bond motifs is 1. The number of nitriles is 1. The van der Waals surface area contributed by atoms with E-state index >= 15 is 0 Å². The molecule has 3 aromatic rings. The lowest BCUT2D eigenvalue weighted by atomic mass is 9.96. The van der Waals surface area contributed by atoms with Crippen LogP contribution in [0.5, 0.6) is 0 Å². The molecule has 7 nitrogen and oxygen atoms in total. The summed E-state index contributed by atoms with van der Waals surface area (Å²) >= 11 is 5.00. The fraction of sp³-hybridized carbons (Fsp3) is 0.125. The minimum Gasteiger partial charge on any atom is -0.462 e. The highest BCUT2D eigenvalue weighted by Gasteiger charge is 2.26. The Bertz CT molecular complexity index is 1090. The molecule has 3 rings (SSSR count). The van der Waals surface area contributed by atoms with E-state index in [4.69, 9.17) is 17.0 Å². The molecule has 0 radical (unpaired) electrons. The normalized spacial score (nSPS) is 10.5. The van der Waals surface area contributed by atoms with Crippen LogP contribution in [0, 0.1) is 16.1 Å². The number of nitrogens with one attached hydrogen (secondary N) is 2. The van der Waals surface area contributed by atoms with Crippen LogP contribution in [0.15, 0.2) is 35.1 Å². The summed E-state index contributed by atoms with van der Waals surface area (Å²) in [6, 6.07) is 10.8. The lowest BCUT2D eigenvalue weighted by molar-refractivity contribution is 0.0525. The van der Waals surface area contributed by atoms with Crippen LogP contribution in [0.3, 0.4) is 0 Å². The lowest BCUT2D eigenvalue weighted by Gasteiger charge is -2.11. The number of carbonyl (C=O) groups excluding carboxylic acids is 1. The van der Waals surface area contributed by atoms with Crippen LogP contribution in [0.1, 0.15) is 22.8 Å². The molecular formula is C16H12N4O3S. The highest BCUT2D eigenvalue weighted by Crippen LogP contribution is 2.28. The quantitative estimate of drug-likeness (QED) is 0.563. The molecule has 2 heterocycles. The van der Waals surface area contributed by atoms with Crippen LogP contribution in [0.2, 0.25) is 0 Å². The van der Waals surface area contributed by atoms with Crippen molar-refractivity contribution in [2.24, 2.45) is 0 Å². The number of H-pyrrole nitrogens is 2. The van der Waals surface area contributed by atoms with Gasteiger partial charge in [0.05, 0.1) is 6.61 Å². The number of hydrogen-bond acceptors (Lipinski definition) is 5. The number of ether oxygens (including phenoxy) is 1. The van der Waals surface area contributed by atoms with Crippen molar-refractivity contribution in [2.45, 2.75) is 6.92 Å². The molecule has 8 heteroatoms. The van der Waals surface area contributed by atoms with Gasteiger partial charge in [0, 0.05) is 5.56 Å². The fourth-order valence-corrected chi connectivity index (χ4v) is 2.72. The Kier molecular flexibility index (Phi) is 4.02. The average molecular weight is 340 g/mol. The maximum atomic E-state index is 12.8. The van der Waals surface area contributed by atoms with Gasteiger partial charge in [0.2, 0.25) is 0 Å². The summed E-state index contributed by atoms with van der Waals surface area (Å²) in [6.45, 7) is 1.76. The van der Waals surface area contributed by atoms with Crippen molar-refractivity contribution >= 4 is 23.8 Å². The van der Waals surface area contributed by atoms with Gasteiger partial charge in [-0.05, 0) is 24.7 Å². The second-order valence-corrected chi connectivity index (χ2v) is 5.29. The molecule has 0 fully saturated rings. The smallest absolute Gasteiger partial charge is 0.344 e. The van der Waals surface area contributed by atoms with Gasteiger partial charge >= 0.3 is 5.97 Å². The predicted molar refractivity (Wildman–Crippen MR) is 89.3 cm³/mol. The van der Waals surface area contributed by atoms with Gasteiger partial charge in [-0.1, -0.05) is 30.3 Å². The molecule has 0 aliphatic carbocycles. The van der Waals surface area contributed by atoms with Crippen molar-refractivity contribution < 1.29 is 9.53 Å². The van der Waals surface area contributed by atoms with Crippen molar-refractivity contribution in [3.63, 3.8) is 0 Å². The number of hydrogen-bond donors (Lipinski definition) is 2. The third-order valence-electron chi connectivity index (χ3n) is 3.48. The molecule has 0 bridgehead atoms. The van der Waals surface area contributed by atoms with Crippen LogP contribution in [-0.2, 0) is 4.74 Å². The van der Waals surface area contributed by atoms with Gasteiger partial charge in [-0.3, -0.25) is 9.89 Å². The van der Waals surface area contributed by atoms with Crippen molar-refractivity contribution in [3.8, 4) is 17.2 Å². The molecule has 0 spiro atoms. The maximum absolute atomic E-state index is 12.8. The van der Waals surface area contributed by atoms with Crippen molar-refractivity contribution in [3.05, 3.63) is 56.6 Å². The summed E-state index contributed by atoms with van der Waals surface area (Å²) in [4.78, 5) is 27.9. The summed E-state index contributed by atoms with van der Waals surface area (Å²) in [6.07, 6.45) is 0. The second kappa shape index (κ2) is 6.14. The van der Waals surface area contributed by atoms with Crippen molar-refractivity contribution in [1.29, 1.82) is 5.26 Å². The van der Waals surface area contributed by atoms with E-state index in [9.17, 15) is 14.9 Å². The second-order valence-electron chi connectivity index (χ2n) is 4.88. The summed E-state index contributed by atoms with van der Waals surface area (Å²) in [5.74, 6) is -0.784. The highest BCUT2D eigenvalue weighted by atomic mass is 32.1. The average Bonchev–Trinajstić information content (AvgIpc) is 2.97. The van der Waals surface area contributed by atoms with Crippen LogP contribution in [0.4, 0.5) is 0 Å². The molecule has 2 N–H and O–H groups in total. The Morgan fingerprint density at radius 2 is 2.08 bits per heavy atom. The van der Waals surface area contributed by atoms with Gasteiger partial charge in [-0.15, -0.1) is 0 Å². The summed E-state index contributed by atoms with van der Waals surface area (Å²) < 4.78 is 6.24. The van der Waals surface area contributed by atoms with Crippen LogP contribution >= 0.6 is 12.2 Å². The van der Waals surface area contributed by atoms with E-state index in [1.165, 1.54) is 0 Å². The maximum Gasteiger partial charge on any atom is 0.344 e. The third kappa shape index (κ3) is 2.41. The number of benzene rings is 1. The molecule has 0 aliphatic heterocycles. The Morgan fingerprint density at radius 1 is 1.38 bits per heavy atom. The Morgan fingerprint density at radius 3 is 2.71 bits per heavy atom. The molecule has 0 atom stereocenters. The number of pyridine rings is 1. The third-order valence-corrected chi connectivity index (χ3v) is 3.67. The molecule has 2 aromatic heterocycles. The van der Waals surface area contributed by atoms with E-state index in [1.807, 2.05) is 6.07 Å². The lowest BCUT2D eigenvalue weighted by Crippen LogP contribution is -2.26. The first-order valence-electron chi connectivity index (χ1n) is 7.12. The van der Waals surface area contributed by atoms with Gasteiger partial charge in [0.25, 0.3) is 5.56 Å². The van der Waals surface area contributed by atoms with E-state index in [-0.39, 0.29) is 33.7 Å². The molecule has 0 saturated heterocycles. The summed E-state index contributed by atoms with van der Waals surface area (Å²) in [7, 11) is 0. The van der Waals surface area contributed by atoms with Crippen molar-refractivity contribution in [1.82, 2.24) is 14.6 Å². The SMILES string of the molecule is CCOC(=O)c1c(-c2ccccc2)c(C#N)c2[nH]c(=S)[nH]n2c1=O. The van der Waals surface area contributed by atoms with E-state index in [2.05, 4.69) is 10.1 Å². The van der Waals surface area contributed by atoms with Gasteiger partial charge in [0.15, 0.2) is 10.4 Å². The largest absolute Gasteiger partial charge is 0.462 e. The zero-order valence-corrected chi connectivity index (χ0v) is 13.4. The molecular weight excluding hydrogens is 328 g/mol. The van der Waals surface area contributed by atoms with E-state index < -0.39 is 11.5 Å². The molecule has 0 aliphatic rings. The number of rotatable bonds is 3. The van der Waals surface area contributed by atoms with Gasteiger partial charge in [-0.25, -0.2) is 4.79 Å². The van der Waals surface area contributed by atoms with Crippen molar-refractivity contribution in [2.75, 3.05) is 6.61 Å². The van der Waals surface area contributed by atoms with Gasteiger partial charge in [0.1, 0.15) is 17.2 Å². The van der Waals surface area contributed by atoms with Gasteiger partial charge in [-0.2, -0.15) is 9.78 Å². The molecule has 0 amide bonds. The minimum atomic E-state index is -0.784. The number of aromatic nitrogens is 3. The number of esters is 1. The zero-order valence-electron chi connectivity index (χ0n) is 12.6. The first kappa shape index (κ1) is 15.7. The Labute approximate surface area is 141 Å². The molecule has 1 aromatic carbocycles. The number of nitrogens with zero attached hydrogens (tertiary/aromatic N) is 2. The minimum absolute atomic E-state index is 0.111. The Hall–Kier alpha value is -3.18. The van der Waals surface area contributed by atoms with E-state index in [0.29, 0.717) is 5.56 Å². The number of aromatic amines is 2. The summed E-state index contributed by atoms with van der Waals surface area (Å²) in [5, 5.41) is 12.3. The highest BCUT2D eigenvalue weighted by molar-refractivity contribution is 7.71. The number of carbonyl (C=O) groups is 1. The van der Waals surface area contributed by atoms with E-state index in [1.54, 1.807) is 37.3 Å². The van der Waals surface area contributed by atoms with Crippen LogP contribution in [-0.4, -0.2) is 27.2 Å². The topological polar surface area (TPSA) is 103 Å². The molecule has 0 unspecified atom stereocenters. The Balaban J connectivity index is 2.53. The first-order chi connectivity index (χ1) is 11.6. The molecule has 24 heavy (non-hydrogen) atoms. The van der Waals surface area contributed by atoms with Gasteiger partial charge < -0.3 is 9.72 Å². The molecule has 0 saturated carbocycles. The van der Waals surface area contributed by atoms with E-state index in [0.717, 1.165) is 4.52 Å². The summed E-state index contributed by atoms with van der Waals surface area (Å²) in [5.41, 5.74) is 0.302. The fourth-order valence-electron chi connectivity index (χ4n) is 2.53. The monoisotopic (exact) mass is 340 g/mol. The standard InChI is InChI=1S/C16H12N4O3S/c1-2-23-15(22)12-11(9-6-4-3-5-7-9)10(8-17)13-18-16(24)19-20(13)14(12)21/h3-7H,2H2,1H3,(H2,18,19,24). The first-order valence-corrected chi connectivity index (χ1v) is 7.53. The van der Waals surface area contributed by atoms with Crippen LogP contribution < -0.4 is 5.56 Å². The van der Waals surface area contributed by atoms with Crippen LogP contribution in [0.25, 0.3) is 16.8 Å².